The molecule has 0 atom stereocenters. The summed E-state index contributed by atoms with van der Waals surface area (Å²) in [5, 5.41) is 8.90. The molecule has 0 fully saturated rings. The third kappa shape index (κ3) is 1.76. The largest absolute Gasteiger partial charge is 0.362 e. The van der Waals surface area contributed by atoms with Gasteiger partial charge in [0.15, 0.2) is 0 Å². The van der Waals surface area contributed by atoms with E-state index in [1.165, 1.54) is 0 Å². The second-order valence-electron chi connectivity index (χ2n) is 4.12. The van der Waals surface area contributed by atoms with Crippen LogP contribution < -0.4 is 4.90 Å². The average Bonchev–Trinajstić information content (AvgIpc) is 2.86. The van der Waals surface area contributed by atoms with Gasteiger partial charge in [-0.1, -0.05) is 6.07 Å². The molecular weight excluding hydrogens is 212 g/mol. The molecule has 1 aromatic carbocycles. The smallest absolute Gasteiger partial charge is 0.128 e. The van der Waals surface area contributed by atoms with Crippen molar-refractivity contribution in [3.8, 4) is 6.07 Å². The lowest BCUT2D eigenvalue weighted by Gasteiger charge is -2.29. The summed E-state index contributed by atoms with van der Waals surface area (Å²) in [6, 6.07) is 9.90. The van der Waals surface area contributed by atoms with Crippen LogP contribution in [0.2, 0.25) is 0 Å². The minimum absolute atomic E-state index is 0.705. The number of imidazole rings is 1. The molecule has 2 aromatic rings. The van der Waals surface area contributed by atoms with E-state index in [1.807, 2.05) is 36.7 Å². The summed E-state index contributed by atoms with van der Waals surface area (Å²) >= 11 is 0. The zero-order valence-electron chi connectivity index (χ0n) is 9.37. The van der Waals surface area contributed by atoms with E-state index in [0.29, 0.717) is 5.56 Å². The van der Waals surface area contributed by atoms with Crippen molar-refractivity contribution in [3.63, 3.8) is 0 Å². The number of hydrogen-bond donors (Lipinski definition) is 0. The number of fused-ring (bicyclic) bond motifs is 1. The summed E-state index contributed by atoms with van der Waals surface area (Å²) in [5.74, 6) is 1.08. The van der Waals surface area contributed by atoms with Crippen molar-refractivity contribution in [1.29, 1.82) is 5.26 Å². The lowest BCUT2D eigenvalue weighted by atomic mass is 10.2. The zero-order chi connectivity index (χ0) is 11.7. The van der Waals surface area contributed by atoms with Crippen molar-refractivity contribution in [1.82, 2.24) is 9.55 Å². The molecule has 0 spiro atoms. The van der Waals surface area contributed by atoms with Crippen LogP contribution in [0.1, 0.15) is 11.4 Å². The Morgan fingerprint density at radius 3 is 3.12 bits per heavy atom. The van der Waals surface area contributed by atoms with Gasteiger partial charge >= 0.3 is 0 Å². The van der Waals surface area contributed by atoms with Gasteiger partial charge in [0.25, 0.3) is 0 Å². The van der Waals surface area contributed by atoms with Gasteiger partial charge < -0.3 is 9.47 Å². The van der Waals surface area contributed by atoms with E-state index in [2.05, 4.69) is 20.5 Å². The molecule has 0 aliphatic carbocycles. The van der Waals surface area contributed by atoms with E-state index in [9.17, 15) is 0 Å². The minimum atomic E-state index is 0.705. The van der Waals surface area contributed by atoms with E-state index >= 15 is 0 Å². The van der Waals surface area contributed by atoms with Gasteiger partial charge in [-0.15, -0.1) is 0 Å². The molecule has 0 saturated carbocycles. The van der Waals surface area contributed by atoms with Crippen LogP contribution in [0.25, 0.3) is 0 Å². The van der Waals surface area contributed by atoms with E-state index in [0.717, 1.165) is 31.1 Å². The van der Waals surface area contributed by atoms with Crippen molar-refractivity contribution in [2.75, 3.05) is 11.4 Å². The molecule has 0 N–H and O–H groups in total. The van der Waals surface area contributed by atoms with Crippen molar-refractivity contribution in [2.45, 2.75) is 13.1 Å². The van der Waals surface area contributed by atoms with Gasteiger partial charge in [0.2, 0.25) is 0 Å². The van der Waals surface area contributed by atoms with Crippen LogP contribution in [0.15, 0.2) is 36.7 Å². The van der Waals surface area contributed by atoms with E-state index in [-0.39, 0.29) is 0 Å². The Balaban J connectivity index is 1.89. The van der Waals surface area contributed by atoms with Crippen molar-refractivity contribution >= 4 is 5.69 Å². The molecule has 0 amide bonds. The molecule has 4 nitrogen and oxygen atoms in total. The summed E-state index contributed by atoms with van der Waals surface area (Å²) in [5.41, 5.74) is 1.80. The van der Waals surface area contributed by atoms with Crippen LogP contribution in [0.5, 0.6) is 0 Å². The van der Waals surface area contributed by atoms with E-state index < -0.39 is 0 Å². The first kappa shape index (κ1) is 9.91. The molecule has 84 valence electrons. The predicted octanol–water partition coefficient (Wildman–Crippen LogP) is 1.77. The lowest BCUT2D eigenvalue weighted by Crippen LogP contribution is -2.33. The highest BCUT2D eigenvalue weighted by Crippen LogP contribution is 2.20. The first-order chi connectivity index (χ1) is 8.36. The summed E-state index contributed by atoms with van der Waals surface area (Å²) in [4.78, 5) is 6.58. The number of rotatable bonds is 1. The van der Waals surface area contributed by atoms with Gasteiger partial charge in [-0.25, -0.2) is 4.98 Å². The maximum absolute atomic E-state index is 8.90. The Bertz CT molecular complexity index is 579. The Kier molecular flexibility index (Phi) is 2.30. The van der Waals surface area contributed by atoms with Crippen molar-refractivity contribution < 1.29 is 0 Å². The topological polar surface area (TPSA) is 44.9 Å². The fourth-order valence-electron chi connectivity index (χ4n) is 2.17. The SMILES string of the molecule is N#Cc1cccc(N2CCn3ccnc3C2)c1. The molecule has 3 rings (SSSR count). The molecular formula is C13H12N4. The molecule has 17 heavy (non-hydrogen) atoms. The second-order valence-corrected chi connectivity index (χ2v) is 4.12. The standard InChI is InChI=1S/C13H12N4/c14-9-11-2-1-3-12(8-11)17-7-6-16-5-4-15-13(16)10-17/h1-5,8H,6-7,10H2. The summed E-state index contributed by atoms with van der Waals surface area (Å²) in [6.45, 7) is 2.71. The number of hydrogen-bond acceptors (Lipinski definition) is 3. The first-order valence-corrected chi connectivity index (χ1v) is 5.62. The molecule has 1 aliphatic heterocycles. The Morgan fingerprint density at radius 1 is 1.29 bits per heavy atom. The maximum atomic E-state index is 8.90. The predicted molar refractivity (Wildman–Crippen MR) is 64.4 cm³/mol. The minimum Gasteiger partial charge on any atom is -0.362 e. The van der Waals surface area contributed by atoms with E-state index in [1.54, 1.807) is 0 Å². The van der Waals surface area contributed by atoms with E-state index in [4.69, 9.17) is 5.26 Å². The molecule has 1 aromatic heterocycles. The highest BCUT2D eigenvalue weighted by molar-refractivity contribution is 5.51. The molecule has 0 saturated heterocycles. The van der Waals surface area contributed by atoms with Crippen LogP contribution in [0, 0.1) is 11.3 Å². The Labute approximate surface area is 99.7 Å². The van der Waals surface area contributed by atoms with Gasteiger partial charge in [-0.05, 0) is 18.2 Å². The van der Waals surface area contributed by atoms with Crippen LogP contribution in [0.3, 0.4) is 0 Å². The van der Waals surface area contributed by atoms with Crippen molar-refractivity contribution in [2.24, 2.45) is 0 Å². The quantitative estimate of drug-likeness (QED) is 0.741. The zero-order valence-corrected chi connectivity index (χ0v) is 9.37. The molecule has 2 heterocycles. The van der Waals surface area contributed by atoms with Crippen LogP contribution in [-0.4, -0.2) is 16.1 Å². The fourth-order valence-corrected chi connectivity index (χ4v) is 2.17. The molecule has 4 heteroatoms. The van der Waals surface area contributed by atoms with Gasteiger partial charge in [-0.2, -0.15) is 5.26 Å². The highest BCUT2D eigenvalue weighted by Gasteiger charge is 2.16. The summed E-state index contributed by atoms with van der Waals surface area (Å²) in [6.07, 6.45) is 3.85. The summed E-state index contributed by atoms with van der Waals surface area (Å²) in [7, 11) is 0. The van der Waals surface area contributed by atoms with Crippen LogP contribution in [0.4, 0.5) is 5.69 Å². The Hall–Kier alpha value is -2.28. The number of aromatic nitrogens is 2. The van der Waals surface area contributed by atoms with Gasteiger partial charge in [0, 0.05) is 31.2 Å². The Morgan fingerprint density at radius 2 is 2.24 bits per heavy atom. The normalized spacial score (nSPS) is 14.2. The van der Waals surface area contributed by atoms with Crippen molar-refractivity contribution in [3.05, 3.63) is 48.0 Å². The fraction of sp³-hybridized carbons (Fsp3) is 0.231. The molecule has 1 aliphatic rings. The monoisotopic (exact) mass is 224 g/mol. The lowest BCUT2D eigenvalue weighted by molar-refractivity contribution is 0.560. The molecule has 0 radical (unpaired) electrons. The maximum Gasteiger partial charge on any atom is 0.128 e. The number of nitrogens with zero attached hydrogens (tertiary/aromatic N) is 4. The first-order valence-electron chi connectivity index (χ1n) is 5.62. The molecule has 0 bridgehead atoms. The highest BCUT2D eigenvalue weighted by atomic mass is 15.2. The third-order valence-corrected chi connectivity index (χ3v) is 3.09. The number of nitriles is 1. The molecule has 0 unspecified atom stereocenters. The third-order valence-electron chi connectivity index (χ3n) is 3.09. The number of anilines is 1. The van der Waals surface area contributed by atoms with Gasteiger partial charge in [0.1, 0.15) is 5.82 Å². The van der Waals surface area contributed by atoms with Crippen LogP contribution >= 0.6 is 0 Å². The average molecular weight is 224 g/mol. The van der Waals surface area contributed by atoms with Crippen LogP contribution in [-0.2, 0) is 13.1 Å². The summed E-state index contributed by atoms with van der Waals surface area (Å²) < 4.78 is 2.17. The van der Waals surface area contributed by atoms with Gasteiger partial charge in [0.05, 0.1) is 18.2 Å². The number of benzene rings is 1. The second kappa shape index (κ2) is 3.95. The van der Waals surface area contributed by atoms with Gasteiger partial charge in [-0.3, -0.25) is 0 Å².